The Morgan fingerprint density at radius 3 is 2.33 bits per heavy atom. The van der Waals surface area contributed by atoms with Gasteiger partial charge in [0.25, 0.3) is 0 Å². The molecule has 2 aromatic rings. The molecule has 0 aliphatic heterocycles. The summed E-state index contributed by atoms with van der Waals surface area (Å²) in [6, 6.07) is 17.2. The summed E-state index contributed by atoms with van der Waals surface area (Å²) >= 11 is 0. The molecule has 0 aromatic heterocycles. The summed E-state index contributed by atoms with van der Waals surface area (Å²) in [7, 11) is 0. The second kappa shape index (κ2) is 6.21. The van der Waals surface area contributed by atoms with Crippen LogP contribution in [0.25, 0.3) is 0 Å². The number of hydrogen-bond acceptors (Lipinski definition) is 2. The lowest BCUT2D eigenvalue weighted by Gasteiger charge is -2.30. The maximum absolute atomic E-state index is 9.78. The molecule has 1 aliphatic carbocycles. The molecule has 2 heteroatoms. The zero-order valence-corrected chi connectivity index (χ0v) is 12.5. The number of hydrogen-bond donors (Lipinski definition) is 2. The van der Waals surface area contributed by atoms with Crippen LogP contribution < -0.4 is 5.32 Å². The van der Waals surface area contributed by atoms with Gasteiger partial charge in [-0.05, 0) is 55.7 Å². The van der Waals surface area contributed by atoms with Gasteiger partial charge in [0, 0.05) is 17.8 Å². The molecular weight excluding hydrogens is 258 g/mol. The zero-order valence-electron chi connectivity index (χ0n) is 12.5. The quantitative estimate of drug-likeness (QED) is 0.843. The normalized spacial score (nSPS) is 22.0. The lowest BCUT2D eigenvalue weighted by Crippen LogP contribution is -2.25. The predicted octanol–water partition coefficient (Wildman–Crippen LogP) is 4.84. The van der Waals surface area contributed by atoms with E-state index in [2.05, 4.69) is 41.7 Å². The number of benzene rings is 2. The minimum atomic E-state index is 0.373. The molecule has 110 valence electrons. The van der Waals surface area contributed by atoms with Gasteiger partial charge in [-0.3, -0.25) is 0 Å². The summed E-state index contributed by atoms with van der Waals surface area (Å²) < 4.78 is 0. The topological polar surface area (TPSA) is 32.3 Å². The third-order valence-corrected chi connectivity index (χ3v) is 4.58. The second-order valence-electron chi connectivity index (χ2n) is 6.10. The van der Waals surface area contributed by atoms with E-state index in [9.17, 15) is 5.11 Å². The molecule has 0 heterocycles. The molecule has 0 atom stereocenters. The Labute approximate surface area is 126 Å². The van der Waals surface area contributed by atoms with E-state index in [1.54, 1.807) is 0 Å². The first-order valence-electron chi connectivity index (χ1n) is 7.83. The Kier molecular flexibility index (Phi) is 4.14. The molecule has 0 bridgehead atoms. The molecule has 0 amide bonds. The molecule has 2 N–H and O–H groups in total. The van der Waals surface area contributed by atoms with Gasteiger partial charge in [0.15, 0.2) is 0 Å². The zero-order chi connectivity index (χ0) is 14.7. The molecule has 3 rings (SSSR count). The molecule has 0 saturated heterocycles. The van der Waals surface area contributed by atoms with Gasteiger partial charge < -0.3 is 10.4 Å². The maximum Gasteiger partial charge on any atom is 0.120 e. The van der Waals surface area contributed by atoms with Gasteiger partial charge in [-0.1, -0.05) is 36.4 Å². The molecule has 1 aliphatic rings. The predicted molar refractivity (Wildman–Crippen MR) is 87.9 cm³/mol. The van der Waals surface area contributed by atoms with Crippen LogP contribution in [0, 0.1) is 6.92 Å². The van der Waals surface area contributed by atoms with Crippen molar-refractivity contribution in [1.29, 1.82) is 0 Å². The highest BCUT2D eigenvalue weighted by molar-refractivity contribution is 5.51. The van der Waals surface area contributed by atoms with E-state index in [1.807, 2.05) is 19.1 Å². The van der Waals surface area contributed by atoms with Gasteiger partial charge in [-0.25, -0.2) is 0 Å². The first-order chi connectivity index (χ1) is 10.2. The van der Waals surface area contributed by atoms with Gasteiger partial charge in [-0.2, -0.15) is 0 Å². The molecular formula is C19H23NO. The van der Waals surface area contributed by atoms with Crippen LogP contribution in [0.4, 0.5) is 5.69 Å². The minimum absolute atomic E-state index is 0.373. The number of rotatable bonds is 3. The third-order valence-electron chi connectivity index (χ3n) is 4.58. The third kappa shape index (κ3) is 3.38. The number of phenolic OH excluding ortho intramolecular Hbond substituents is 1. The number of phenols is 1. The monoisotopic (exact) mass is 281 g/mol. The van der Waals surface area contributed by atoms with Crippen LogP contribution in [0.1, 0.15) is 42.7 Å². The van der Waals surface area contributed by atoms with Gasteiger partial charge in [0.1, 0.15) is 5.75 Å². The van der Waals surface area contributed by atoms with E-state index >= 15 is 0 Å². The van der Waals surface area contributed by atoms with Crippen molar-refractivity contribution in [3.63, 3.8) is 0 Å². The average Bonchev–Trinajstić information content (AvgIpc) is 2.53. The maximum atomic E-state index is 9.78. The molecule has 2 nitrogen and oxygen atoms in total. The molecule has 0 unspecified atom stereocenters. The van der Waals surface area contributed by atoms with Crippen molar-refractivity contribution in [3.8, 4) is 5.75 Å². The van der Waals surface area contributed by atoms with Crippen LogP contribution in [-0.2, 0) is 0 Å². The van der Waals surface area contributed by atoms with E-state index in [0.717, 1.165) is 11.3 Å². The minimum Gasteiger partial charge on any atom is -0.508 e. The van der Waals surface area contributed by atoms with Crippen molar-refractivity contribution < 1.29 is 5.11 Å². The first kappa shape index (κ1) is 14.0. The van der Waals surface area contributed by atoms with Crippen molar-refractivity contribution in [3.05, 3.63) is 59.7 Å². The molecule has 2 aromatic carbocycles. The number of anilines is 1. The number of aryl methyl sites for hydroxylation is 1. The van der Waals surface area contributed by atoms with Crippen LogP contribution in [0.5, 0.6) is 5.75 Å². The Morgan fingerprint density at radius 2 is 1.67 bits per heavy atom. The van der Waals surface area contributed by atoms with Crippen molar-refractivity contribution in [2.45, 2.75) is 44.6 Å². The van der Waals surface area contributed by atoms with E-state index in [1.165, 1.54) is 31.2 Å². The highest BCUT2D eigenvalue weighted by atomic mass is 16.3. The van der Waals surface area contributed by atoms with Crippen molar-refractivity contribution in [2.24, 2.45) is 0 Å². The second-order valence-corrected chi connectivity index (χ2v) is 6.10. The molecule has 0 spiro atoms. The molecule has 1 fully saturated rings. The summed E-state index contributed by atoms with van der Waals surface area (Å²) in [5.74, 6) is 1.08. The Hall–Kier alpha value is -1.96. The number of nitrogens with one attached hydrogen (secondary N) is 1. The highest BCUT2D eigenvalue weighted by Crippen LogP contribution is 2.34. The standard InChI is InChI=1S/C19H23NO/c1-14-7-10-18(13-19(14)21)20-17-11-8-16(9-12-17)15-5-3-2-4-6-15/h2-7,10,13,16-17,20-21H,8-9,11-12H2,1H3. The highest BCUT2D eigenvalue weighted by Gasteiger charge is 2.22. The van der Waals surface area contributed by atoms with Crippen molar-refractivity contribution in [1.82, 2.24) is 0 Å². The van der Waals surface area contributed by atoms with E-state index < -0.39 is 0 Å². The fourth-order valence-electron chi connectivity index (χ4n) is 3.23. The van der Waals surface area contributed by atoms with E-state index in [-0.39, 0.29) is 0 Å². The fraction of sp³-hybridized carbons (Fsp3) is 0.368. The van der Waals surface area contributed by atoms with Crippen LogP contribution in [0.15, 0.2) is 48.5 Å². The van der Waals surface area contributed by atoms with Crippen LogP contribution in [0.3, 0.4) is 0 Å². The summed E-state index contributed by atoms with van der Waals surface area (Å²) in [6.45, 7) is 1.92. The van der Waals surface area contributed by atoms with Crippen molar-refractivity contribution in [2.75, 3.05) is 5.32 Å². The smallest absolute Gasteiger partial charge is 0.120 e. The molecule has 21 heavy (non-hydrogen) atoms. The van der Waals surface area contributed by atoms with E-state index in [0.29, 0.717) is 17.7 Å². The van der Waals surface area contributed by atoms with Gasteiger partial charge in [-0.15, -0.1) is 0 Å². The Bertz CT molecular complexity index is 586. The molecule has 1 saturated carbocycles. The van der Waals surface area contributed by atoms with Crippen LogP contribution in [-0.4, -0.2) is 11.1 Å². The Morgan fingerprint density at radius 1 is 0.952 bits per heavy atom. The average molecular weight is 281 g/mol. The van der Waals surface area contributed by atoms with Gasteiger partial charge in [0.2, 0.25) is 0 Å². The Balaban J connectivity index is 1.57. The largest absolute Gasteiger partial charge is 0.508 e. The summed E-state index contributed by atoms with van der Waals surface area (Å²) in [5, 5.41) is 13.3. The summed E-state index contributed by atoms with van der Waals surface area (Å²) in [4.78, 5) is 0. The van der Waals surface area contributed by atoms with Crippen LogP contribution in [0.2, 0.25) is 0 Å². The summed E-state index contributed by atoms with van der Waals surface area (Å²) in [6.07, 6.45) is 4.85. The summed E-state index contributed by atoms with van der Waals surface area (Å²) in [5.41, 5.74) is 3.43. The lowest BCUT2D eigenvalue weighted by atomic mass is 9.82. The van der Waals surface area contributed by atoms with Gasteiger partial charge >= 0.3 is 0 Å². The van der Waals surface area contributed by atoms with Crippen molar-refractivity contribution >= 4 is 5.69 Å². The first-order valence-corrected chi connectivity index (χ1v) is 7.83. The SMILES string of the molecule is Cc1ccc(NC2CCC(c3ccccc3)CC2)cc1O. The van der Waals surface area contributed by atoms with Gasteiger partial charge in [0.05, 0.1) is 0 Å². The number of aromatic hydroxyl groups is 1. The van der Waals surface area contributed by atoms with Crippen LogP contribution >= 0.6 is 0 Å². The lowest BCUT2D eigenvalue weighted by molar-refractivity contribution is 0.412. The van der Waals surface area contributed by atoms with E-state index in [4.69, 9.17) is 0 Å². The fourth-order valence-corrected chi connectivity index (χ4v) is 3.23. The molecule has 0 radical (unpaired) electrons.